The molecule has 1 aromatic heterocycles. The Morgan fingerprint density at radius 2 is 2.10 bits per heavy atom. The Bertz CT molecular complexity index is 1100. The molecule has 1 fully saturated rings. The lowest BCUT2D eigenvalue weighted by molar-refractivity contribution is -0.138. The summed E-state index contributed by atoms with van der Waals surface area (Å²) in [6, 6.07) is 9.13. The number of aromatic nitrogens is 1. The third-order valence-corrected chi connectivity index (χ3v) is 5.41. The van der Waals surface area contributed by atoms with E-state index in [1.54, 1.807) is 25.1 Å². The quantitative estimate of drug-likeness (QED) is 0.595. The second-order valence-corrected chi connectivity index (χ2v) is 7.90. The molecule has 158 valence electrons. The van der Waals surface area contributed by atoms with Crippen LogP contribution in [-0.2, 0) is 6.18 Å². The summed E-state index contributed by atoms with van der Waals surface area (Å²) < 4.78 is 45.6. The maximum absolute atomic E-state index is 13.3. The summed E-state index contributed by atoms with van der Waals surface area (Å²) in [6.45, 7) is 2.92. The fraction of sp³-hybridized carbons (Fsp3) is 0.333. The van der Waals surface area contributed by atoms with Crippen LogP contribution in [0.4, 0.5) is 19.2 Å². The van der Waals surface area contributed by atoms with Crippen molar-refractivity contribution in [3.8, 4) is 0 Å². The van der Waals surface area contributed by atoms with E-state index >= 15 is 0 Å². The molecule has 1 amide bonds. The minimum Gasteiger partial charge on any atom is -0.424 e. The third-order valence-electron chi connectivity index (χ3n) is 5.18. The standard InChI is InChI=1S/C21H19ClF3N3O2/c1-12-2-4-16(21(23,24)25)15(8-12)19(29)28-7-6-13(11-28)10-26-20-27-17-5-3-14(22)9-18(17)30-20/h2-5,8-9,13H,6-7,10-11H2,1H3,(H,26,27). The molecule has 0 aliphatic carbocycles. The Kier molecular flexibility index (Phi) is 5.36. The van der Waals surface area contributed by atoms with Crippen molar-refractivity contribution in [2.45, 2.75) is 19.5 Å². The summed E-state index contributed by atoms with van der Waals surface area (Å²) in [5.74, 6) is -0.517. The largest absolute Gasteiger partial charge is 0.424 e. The van der Waals surface area contributed by atoms with Crippen molar-refractivity contribution in [2.75, 3.05) is 25.0 Å². The van der Waals surface area contributed by atoms with Crippen LogP contribution in [-0.4, -0.2) is 35.4 Å². The number of nitrogens with one attached hydrogen (secondary N) is 1. The predicted octanol–water partition coefficient (Wildman–Crippen LogP) is 5.38. The van der Waals surface area contributed by atoms with Crippen molar-refractivity contribution >= 4 is 34.6 Å². The summed E-state index contributed by atoms with van der Waals surface area (Å²) >= 11 is 5.94. The number of nitrogens with zero attached hydrogens (tertiary/aromatic N) is 2. The number of fused-ring (bicyclic) bond motifs is 1. The summed E-state index contributed by atoms with van der Waals surface area (Å²) in [5, 5.41) is 3.65. The molecule has 0 saturated carbocycles. The van der Waals surface area contributed by atoms with Crippen LogP contribution in [0.2, 0.25) is 5.02 Å². The molecular formula is C21H19ClF3N3O2. The molecule has 1 aliphatic rings. The maximum atomic E-state index is 13.3. The molecule has 1 saturated heterocycles. The number of rotatable bonds is 4. The fourth-order valence-electron chi connectivity index (χ4n) is 3.64. The normalized spacial score (nSPS) is 17.0. The van der Waals surface area contributed by atoms with E-state index in [4.69, 9.17) is 16.0 Å². The van der Waals surface area contributed by atoms with E-state index in [1.807, 2.05) is 0 Å². The van der Waals surface area contributed by atoms with Crippen LogP contribution in [0, 0.1) is 12.8 Å². The predicted molar refractivity (Wildman–Crippen MR) is 108 cm³/mol. The molecule has 0 radical (unpaired) electrons. The molecule has 1 atom stereocenters. The average Bonchev–Trinajstić information content (AvgIpc) is 3.31. The van der Waals surface area contributed by atoms with E-state index in [1.165, 1.54) is 17.0 Å². The lowest BCUT2D eigenvalue weighted by Crippen LogP contribution is -2.31. The number of anilines is 1. The van der Waals surface area contributed by atoms with Gasteiger partial charge in [0.15, 0.2) is 5.58 Å². The Morgan fingerprint density at radius 3 is 2.87 bits per heavy atom. The van der Waals surface area contributed by atoms with Crippen LogP contribution >= 0.6 is 11.6 Å². The Morgan fingerprint density at radius 1 is 1.30 bits per heavy atom. The second-order valence-electron chi connectivity index (χ2n) is 7.46. The van der Waals surface area contributed by atoms with Crippen LogP contribution in [0.1, 0.15) is 27.9 Å². The zero-order chi connectivity index (χ0) is 21.5. The van der Waals surface area contributed by atoms with Crippen molar-refractivity contribution in [1.29, 1.82) is 0 Å². The van der Waals surface area contributed by atoms with E-state index in [0.29, 0.717) is 53.8 Å². The van der Waals surface area contributed by atoms with Gasteiger partial charge in [-0.1, -0.05) is 23.2 Å². The summed E-state index contributed by atoms with van der Waals surface area (Å²) in [5.41, 5.74) is 0.646. The van der Waals surface area contributed by atoms with E-state index in [-0.39, 0.29) is 11.5 Å². The molecule has 2 aromatic carbocycles. The van der Waals surface area contributed by atoms with Gasteiger partial charge in [0.1, 0.15) is 5.52 Å². The van der Waals surface area contributed by atoms with Crippen molar-refractivity contribution < 1.29 is 22.4 Å². The highest BCUT2D eigenvalue weighted by Gasteiger charge is 2.37. The number of likely N-dealkylation sites (tertiary alicyclic amines) is 1. The van der Waals surface area contributed by atoms with Gasteiger partial charge in [0.25, 0.3) is 11.9 Å². The maximum Gasteiger partial charge on any atom is 0.417 e. The zero-order valence-corrected chi connectivity index (χ0v) is 16.8. The number of carbonyl (C=O) groups is 1. The minimum absolute atomic E-state index is 0.0756. The number of aryl methyl sites for hydroxylation is 1. The van der Waals surface area contributed by atoms with E-state index in [2.05, 4.69) is 10.3 Å². The molecule has 0 bridgehead atoms. The molecule has 2 heterocycles. The van der Waals surface area contributed by atoms with Gasteiger partial charge in [0.05, 0.1) is 11.1 Å². The number of oxazole rings is 1. The molecule has 1 aliphatic heterocycles. The molecule has 1 unspecified atom stereocenters. The first-order valence-electron chi connectivity index (χ1n) is 9.48. The van der Waals surface area contributed by atoms with Gasteiger partial charge in [-0.15, -0.1) is 0 Å². The number of alkyl halides is 3. The first kappa shape index (κ1) is 20.5. The van der Waals surface area contributed by atoms with Crippen molar-refractivity contribution in [3.05, 3.63) is 58.1 Å². The number of hydrogen-bond acceptors (Lipinski definition) is 4. The van der Waals surface area contributed by atoms with Gasteiger partial charge >= 0.3 is 6.18 Å². The Labute approximate surface area is 175 Å². The van der Waals surface area contributed by atoms with E-state index in [9.17, 15) is 18.0 Å². The molecular weight excluding hydrogens is 419 g/mol. The van der Waals surface area contributed by atoms with Gasteiger partial charge in [-0.2, -0.15) is 18.2 Å². The summed E-state index contributed by atoms with van der Waals surface area (Å²) in [7, 11) is 0. The topological polar surface area (TPSA) is 58.4 Å². The van der Waals surface area contributed by atoms with Crippen molar-refractivity contribution in [2.24, 2.45) is 5.92 Å². The Balaban J connectivity index is 1.42. The van der Waals surface area contributed by atoms with Gasteiger partial charge in [-0.25, -0.2) is 0 Å². The highest BCUT2D eigenvalue weighted by atomic mass is 35.5. The Hall–Kier alpha value is -2.74. The first-order valence-corrected chi connectivity index (χ1v) is 9.85. The van der Waals surface area contributed by atoms with Crippen molar-refractivity contribution in [3.63, 3.8) is 0 Å². The van der Waals surface area contributed by atoms with Crippen LogP contribution in [0.3, 0.4) is 0 Å². The highest BCUT2D eigenvalue weighted by Crippen LogP contribution is 2.34. The van der Waals surface area contributed by atoms with Gasteiger partial charge in [-0.05, 0) is 43.5 Å². The number of halogens is 4. The third kappa shape index (κ3) is 4.23. The van der Waals surface area contributed by atoms with Crippen LogP contribution < -0.4 is 5.32 Å². The first-order chi connectivity index (χ1) is 14.2. The fourth-order valence-corrected chi connectivity index (χ4v) is 3.80. The summed E-state index contributed by atoms with van der Waals surface area (Å²) in [6.07, 6.45) is -3.90. The molecule has 5 nitrogen and oxygen atoms in total. The molecule has 1 N–H and O–H groups in total. The molecule has 3 aromatic rings. The smallest absolute Gasteiger partial charge is 0.417 e. The molecule has 4 rings (SSSR count). The monoisotopic (exact) mass is 437 g/mol. The SMILES string of the molecule is Cc1ccc(C(F)(F)F)c(C(=O)N2CCC(CNc3nc4ccc(Cl)cc4o3)C2)c1. The second kappa shape index (κ2) is 7.83. The molecule has 9 heteroatoms. The van der Waals surface area contributed by atoms with Crippen LogP contribution in [0.5, 0.6) is 0 Å². The van der Waals surface area contributed by atoms with Crippen LogP contribution in [0.25, 0.3) is 11.1 Å². The number of carbonyl (C=O) groups excluding carboxylic acids is 1. The zero-order valence-electron chi connectivity index (χ0n) is 16.1. The molecule has 30 heavy (non-hydrogen) atoms. The lowest BCUT2D eigenvalue weighted by atomic mass is 10.0. The lowest BCUT2D eigenvalue weighted by Gasteiger charge is -2.20. The number of benzene rings is 2. The van der Waals surface area contributed by atoms with Gasteiger partial charge in [-0.3, -0.25) is 4.79 Å². The summed E-state index contributed by atoms with van der Waals surface area (Å²) in [4.78, 5) is 18.6. The van der Waals surface area contributed by atoms with Gasteiger partial charge in [0.2, 0.25) is 0 Å². The van der Waals surface area contributed by atoms with E-state index < -0.39 is 17.6 Å². The molecule has 0 spiro atoms. The van der Waals surface area contributed by atoms with Crippen LogP contribution in [0.15, 0.2) is 40.8 Å². The minimum atomic E-state index is -4.57. The van der Waals surface area contributed by atoms with Gasteiger partial charge in [0, 0.05) is 30.7 Å². The number of hydrogen-bond donors (Lipinski definition) is 1. The highest BCUT2D eigenvalue weighted by molar-refractivity contribution is 6.31. The number of amides is 1. The van der Waals surface area contributed by atoms with Crippen molar-refractivity contribution in [1.82, 2.24) is 9.88 Å². The average molecular weight is 438 g/mol. The van der Waals surface area contributed by atoms with Gasteiger partial charge < -0.3 is 14.6 Å². The van der Waals surface area contributed by atoms with E-state index in [0.717, 1.165) is 6.07 Å².